The lowest BCUT2D eigenvalue weighted by atomic mass is 9.72. The van der Waals surface area contributed by atoms with Crippen LogP contribution in [0.4, 0.5) is 0 Å². The predicted octanol–water partition coefficient (Wildman–Crippen LogP) is 2.15. The number of hydrogen-bond acceptors (Lipinski definition) is 5. The number of carbonyl (C=O) groups is 1. The van der Waals surface area contributed by atoms with Gasteiger partial charge in [0.05, 0.1) is 18.4 Å². The second-order valence-electron chi connectivity index (χ2n) is 7.38. The highest BCUT2D eigenvalue weighted by atomic mass is 16.5. The van der Waals surface area contributed by atoms with Crippen LogP contribution < -0.4 is 0 Å². The Balaban J connectivity index is 1.62. The third-order valence-electron chi connectivity index (χ3n) is 6.34. The van der Waals surface area contributed by atoms with Crippen molar-refractivity contribution in [3.8, 4) is 11.3 Å². The summed E-state index contributed by atoms with van der Waals surface area (Å²) in [6, 6.07) is 2.00. The highest BCUT2D eigenvalue weighted by molar-refractivity contribution is 5.94. The van der Waals surface area contributed by atoms with Gasteiger partial charge in [-0.2, -0.15) is 5.10 Å². The first-order chi connectivity index (χ1) is 12.0. The number of fused-ring (bicyclic) bond motifs is 2. The number of aliphatic hydroxyl groups excluding tert-OH is 1. The van der Waals surface area contributed by atoms with Crippen LogP contribution in [-0.4, -0.2) is 49.5 Å². The molecule has 2 aromatic heterocycles. The van der Waals surface area contributed by atoms with E-state index in [-0.39, 0.29) is 30.0 Å². The highest BCUT2D eigenvalue weighted by Gasteiger charge is 2.56. The summed E-state index contributed by atoms with van der Waals surface area (Å²) in [5.74, 6) is 0.470. The first-order valence-corrected chi connectivity index (χ1v) is 8.90. The quantitative estimate of drug-likeness (QED) is 0.919. The molecule has 25 heavy (non-hydrogen) atoms. The maximum atomic E-state index is 13.1. The molecule has 0 radical (unpaired) electrons. The van der Waals surface area contributed by atoms with Crippen LogP contribution in [0.3, 0.4) is 0 Å². The first-order valence-electron chi connectivity index (χ1n) is 8.90. The number of aromatic nitrogens is 3. The summed E-state index contributed by atoms with van der Waals surface area (Å²) < 4.78 is 7.18. The molecule has 1 N–H and O–H groups in total. The molecular formula is C18H24N4O3. The van der Waals surface area contributed by atoms with Gasteiger partial charge in [0.2, 0.25) is 0 Å². The summed E-state index contributed by atoms with van der Waals surface area (Å²) >= 11 is 0. The molecule has 2 bridgehead atoms. The van der Waals surface area contributed by atoms with Crippen molar-refractivity contribution in [1.29, 1.82) is 0 Å². The second-order valence-corrected chi connectivity index (χ2v) is 7.38. The first kappa shape index (κ1) is 16.3. The molecule has 2 aliphatic rings. The SMILES string of the molecule is CC[C@]1(CO)C[C@H]2CC[C@@H]1N2C(=O)c1cc(-c2cnn(C)c2C)on1. The van der Waals surface area contributed by atoms with Gasteiger partial charge < -0.3 is 14.5 Å². The molecule has 0 saturated carbocycles. The summed E-state index contributed by atoms with van der Waals surface area (Å²) in [7, 11) is 1.86. The van der Waals surface area contributed by atoms with E-state index in [1.807, 2.05) is 18.9 Å². The molecule has 1 amide bonds. The monoisotopic (exact) mass is 344 g/mol. The molecule has 2 aromatic rings. The minimum Gasteiger partial charge on any atom is -0.396 e. The standard InChI is InChI=1S/C18H24N4O3/c1-4-18(10-23)8-12-5-6-16(18)22(12)17(24)14-7-15(25-20-14)13-9-19-21(3)11(13)2/h7,9,12,16,23H,4-6,8,10H2,1-3H3/t12-,16+,18-/m1/s1. The fraction of sp³-hybridized carbons (Fsp3) is 0.611. The molecule has 4 rings (SSSR count). The van der Waals surface area contributed by atoms with E-state index in [0.29, 0.717) is 11.5 Å². The van der Waals surface area contributed by atoms with E-state index in [1.165, 1.54) is 0 Å². The largest absolute Gasteiger partial charge is 0.396 e. The van der Waals surface area contributed by atoms with Gasteiger partial charge in [-0.25, -0.2) is 0 Å². The number of aryl methyl sites for hydroxylation is 1. The van der Waals surface area contributed by atoms with Crippen molar-refractivity contribution in [3.63, 3.8) is 0 Å². The summed E-state index contributed by atoms with van der Waals surface area (Å²) in [6.45, 7) is 4.18. The molecular weight excluding hydrogens is 320 g/mol. The van der Waals surface area contributed by atoms with Gasteiger partial charge >= 0.3 is 0 Å². The average Bonchev–Trinajstić information content (AvgIpc) is 3.38. The molecule has 4 heterocycles. The maximum absolute atomic E-state index is 13.1. The van der Waals surface area contributed by atoms with Crippen molar-refractivity contribution in [3.05, 3.63) is 23.7 Å². The van der Waals surface area contributed by atoms with Crippen LogP contribution in [0, 0.1) is 12.3 Å². The van der Waals surface area contributed by atoms with Crippen LogP contribution in [0.2, 0.25) is 0 Å². The number of aliphatic hydroxyl groups is 1. The molecule has 134 valence electrons. The maximum Gasteiger partial charge on any atom is 0.276 e. The Hall–Kier alpha value is -2.15. The van der Waals surface area contributed by atoms with E-state index in [9.17, 15) is 9.90 Å². The van der Waals surface area contributed by atoms with Crippen LogP contribution in [0.15, 0.2) is 16.8 Å². The van der Waals surface area contributed by atoms with Gasteiger partial charge in [-0.15, -0.1) is 0 Å². The predicted molar refractivity (Wildman–Crippen MR) is 90.8 cm³/mol. The highest BCUT2D eigenvalue weighted by Crippen LogP contribution is 2.51. The van der Waals surface area contributed by atoms with Crippen molar-refractivity contribution in [2.75, 3.05) is 6.61 Å². The Labute approximate surface area is 146 Å². The number of hydrogen-bond donors (Lipinski definition) is 1. The minimum absolute atomic E-state index is 0.0900. The van der Waals surface area contributed by atoms with E-state index < -0.39 is 0 Å². The van der Waals surface area contributed by atoms with Crippen molar-refractivity contribution in [1.82, 2.24) is 19.8 Å². The molecule has 7 nitrogen and oxygen atoms in total. The topological polar surface area (TPSA) is 84.4 Å². The fourth-order valence-electron chi connectivity index (χ4n) is 4.63. The van der Waals surface area contributed by atoms with Crippen LogP contribution in [-0.2, 0) is 7.05 Å². The molecule has 0 aromatic carbocycles. The summed E-state index contributed by atoms with van der Waals surface area (Å²) in [4.78, 5) is 15.0. The van der Waals surface area contributed by atoms with Crippen LogP contribution >= 0.6 is 0 Å². The second kappa shape index (κ2) is 5.69. The normalized spacial score (nSPS) is 28.1. The zero-order chi connectivity index (χ0) is 17.8. The Morgan fingerprint density at radius 2 is 2.28 bits per heavy atom. The van der Waals surface area contributed by atoms with E-state index in [0.717, 1.165) is 36.9 Å². The number of rotatable bonds is 4. The zero-order valence-corrected chi connectivity index (χ0v) is 14.9. The smallest absolute Gasteiger partial charge is 0.276 e. The number of nitrogens with zero attached hydrogens (tertiary/aromatic N) is 4. The zero-order valence-electron chi connectivity index (χ0n) is 14.9. The van der Waals surface area contributed by atoms with Crippen molar-refractivity contribution >= 4 is 5.91 Å². The molecule has 0 aliphatic carbocycles. The Morgan fingerprint density at radius 1 is 1.48 bits per heavy atom. The number of amides is 1. The van der Waals surface area contributed by atoms with Gasteiger partial charge in [-0.3, -0.25) is 9.48 Å². The summed E-state index contributed by atoms with van der Waals surface area (Å²) in [5, 5.41) is 18.1. The van der Waals surface area contributed by atoms with Gasteiger partial charge in [0.25, 0.3) is 5.91 Å². The number of carbonyl (C=O) groups excluding carboxylic acids is 1. The minimum atomic E-state index is -0.162. The Morgan fingerprint density at radius 3 is 2.88 bits per heavy atom. The lowest BCUT2D eigenvalue weighted by Gasteiger charge is -2.34. The third kappa shape index (κ3) is 2.25. The van der Waals surface area contributed by atoms with Gasteiger partial charge in [-0.1, -0.05) is 12.1 Å². The van der Waals surface area contributed by atoms with Crippen LogP contribution in [0.1, 0.15) is 48.8 Å². The van der Waals surface area contributed by atoms with Gasteiger partial charge in [0, 0.05) is 36.3 Å². The van der Waals surface area contributed by atoms with Gasteiger partial charge in [-0.05, 0) is 32.6 Å². The molecule has 0 spiro atoms. The molecule has 2 fully saturated rings. The Bertz CT molecular complexity index is 805. The summed E-state index contributed by atoms with van der Waals surface area (Å²) in [5.41, 5.74) is 1.98. The van der Waals surface area contributed by atoms with E-state index in [4.69, 9.17) is 4.52 Å². The molecule has 7 heteroatoms. The lowest BCUT2D eigenvalue weighted by Crippen LogP contribution is -2.42. The van der Waals surface area contributed by atoms with Gasteiger partial charge in [0.1, 0.15) is 0 Å². The molecule has 2 saturated heterocycles. The molecule has 3 atom stereocenters. The van der Waals surface area contributed by atoms with Crippen LogP contribution in [0.5, 0.6) is 0 Å². The van der Waals surface area contributed by atoms with Crippen molar-refractivity contribution < 1.29 is 14.4 Å². The average molecular weight is 344 g/mol. The third-order valence-corrected chi connectivity index (χ3v) is 6.34. The fourth-order valence-corrected chi connectivity index (χ4v) is 4.63. The van der Waals surface area contributed by atoms with Crippen molar-refractivity contribution in [2.45, 2.75) is 51.6 Å². The van der Waals surface area contributed by atoms with E-state index in [2.05, 4.69) is 17.2 Å². The molecule has 0 unspecified atom stereocenters. The lowest BCUT2D eigenvalue weighted by molar-refractivity contribution is 0.0549. The van der Waals surface area contributed by atoms with Crippen molar-refractivity contribution in [2.24, 2.45) is 12.5 Å². The van der Waals surface area contributed by atoms with Crippen LogP contribution in [0.25, 0.3) is 11.3 Å². The van der Waals surface area contributed by atoms with Gasteiger partial charge in [0.15, 0.2) is 11.5 Å². The Kier molecular flexibility index (Phi) is 3.72. The van der Waals surface area contributed by atoms with E-state index in [1.54, 1.807) is 16.9 Å². The summed E-state index contributed by atoms with van der Waals surface area (Å²) in [6.07, 6.45) is 5.44. The molecule has 2 aliphatic heterocycles. The van der Waals surface area contributed by atoms with E-state index >= 15 is 0 Å².